The maximum absolute atomic E-state index is 11.1. The van der Waals surface area contributed by atoms with Crippen LogP contribution >= 0.6 is 0 Å². The zero-order valence-corrected chi connectivity index (χ0v) is 15.5. The normalized spacial score (nSPS) is 15.3. The van der Waals surface area contributed by atoms with Crippen LogP contribution in [0.25, 0.3) is 0 Å². The monoisotopic (exact) mass is 377 g/mol. The topological polar surface area (TPSA) is 116 Å². The summed E-state index contributed by atoms with van der Waals surface area (Å²) in [6.07, 6.45) is 3.26. The molecule has 26 heavy (non-hydrogen) atoms. The molecule has 0 unspecified atom stereocenters. The maximum atomic E-state index is 11.1. The molecule has 0 saturated heterocycles. The van der Waals surface area contributed by atoms with E-state index in [0.717, 1.165) is 25.0 Å². The van der Waals surface area contributed by atoms with Crippen molar-refractivity contribution in [1.82, 2.24) is 9.97 Å². The van der Waals surface area contributed by atoms with Gasteiger partial charge in [0.2, 0.25) is 5.95 Å². The van der Waals surface area contributed by atoms with Crippen LogP contribution < -0.4 is 16.2 Å². The Morgan fingerprint density at radius 3 is 2.46 bits per heavy atom. The fourth-order valence-electron chi connectivity index (χ4n) is 2.35. The molecule has 140 valence electrons. The molecule has 8 nitrogen and oxygen atoms in total. The quantitative estimate of drug-likeness (QED) is 0.409. The lowest BCUT2D eigenvalue weighted by Crippen LogP contribution is -2.18. The van der Waals surface area contributed by atoms with Crippen molar-refractivity contribution >= 4 is 27.6 Å². The van der Waals surface area contributed by atoms with E-state index in [1.54, 1.807) is 12.1 Å². The third-order valence-corrected chi connectivity index (χ3v) is 5.08. The fourth-order valence-corrected chi connectivity index (χ4v) is 2.83. The first-order valence-electron chi connectivity index (χ1n) is 8.60. The third-order valence-electron chi connectivity index (χ3n) is 4.22. The predicted octanol–water partition coefficient (Wildman–Crippen LogP) is 3.25. The van der Waals surface area contributed by atoms with Crippen molar-refractivity contribution in [2.24, 2.45) is 0 Å². The summed E-state index contributed by atoms with van der Waals surface area (Å²) >= 11 is 0. The van der Waals surface area contributed by atoms with Gasteiger partial charge in [0.1, 0.15) is 5.82 Å². The van der Waals surface area contributed by atoms with Gasteiger partial charge >= 0.3 is 0 Å². The van der Waals surface area contributed by atoms with Gasteiger partial charge < -0.3 is 5.32 Å². The highest BCUT2D eigenvalue weighted by molar-refractivity contribution is 7.85. The Bertz CT molecular complexity index is 866. The Hall–Kier alpha value is -2.39. The van der Waals surface area contributed by atoms with Crippen LogP contribution in [0.1, 0.15) is 44.7 Å². The molecule has 0 bridgehead atoms. The number of benzene rings is 1. The molecule has 3 rings (SSSR count). The molecule has 1 atom stereocenters. The summed E-state index contributed by atoms with van der Waals surface area (Å²) in [6.45, 7) is 4.18. The lowest BCUT2D eigenvalue weighted by atomic mass is 10.2. The van der Waals surface area contributed by atoms with Crippen molar-refractivity contribution in [2.75, 3.05) is 16.2 Å². The first-order chi connectivity index (χ1) is 12.3. The van der Waals surface area contributed by atoms with Crippen LogP contribution in [0.2, 0.25) is 0 Å². The summed E-state index contributed by atoms with van der Waals surface area (Å²) in [4.78, 5) is 8.91. The Kier molecular flexibility index (Phi) is 5.28. The molecule has 1 aromatic carbocycles. The summed E-state index contributed by atoms with van der Waals surface area (Å²) < 4.78 is 31.2. The number of nitrogens with zero attached hydrogens (tertiary/aromatic N) is 2. The maximum Gasteiger partial charge on any atom is 0.294 e. The van der Waals surface area contributed by atoms with Gasteiger partial charge in [-0.05, 0) is 50.5 Å². The van der Waals surface area contributed by atoms with Gasteiger partial charge in [-0.15, -0.1) is 0 Å². The number of hydrogen-bond acceptors (Lipinski definition) is 7. The SMILES string of the molecule is CC[C@@H](C)Nc1nc(NNc2ccc(S(=O)(=O)O)cc2)cc(C2CC2)n1. The van der Waals surface area contributed by atoms with E-state index in [0.29, 0.717) is 23.4 Å². The highest BCUT2D eigenvalue weighted by atomic mass is 32.2. The zero-order valence-electron chi connectivity index (χ0n) is 14.7. The Labute approximate surface area is 153 Å². The second-order valence-corrected chi connectivity index (χ2v) is 7.90. The minimum absolute atomic E-state index is 0.152. The van der Waals surface area contributed by atoms with Crippen LogP contribution in [0.4, 0.5) is 17.5 Å². The highest BCUT2D eigenvalue weighted by Gasteiger charge is 2.26. The van der Waals surface area contributed by atoms with Gasteiger partial charge in [-0.3, -0.25) is 15.4 Å². The average Bonchev–Trinajstić information content (AvgIpc) is 3.44. The van der Waals surface area contributed by atoms with E-state index in [4.69, 9.17) is 4.55 Å². The number of anilines is 3. The second kappa shape index (κ2) is 7.46. The molecular weight excluding hydrogens is 354 g/mol. The molecular formula is C17H23N5O3S. The van der Waals surface area contributed by atoms with Crippen molar-refractivity contribution < 1.29 is 13.0 Å². The third kappa shape index (κ3) is 4.83. The molecule has 0 radical (unpaired) electrons. The van der Waals surface area contributed by atoms with Gasteiger partial charge in [0.15, 0.2) is 0 Å². The summed E-state index contributed by atoms with van der Waals surface area (Å²) in [5, 5.41) is 3.29. The van der Waals surface area contributed by atoms with E-state index in [1.165, 1.54) is 12.1 Å². The summed E-state index contributed by atoms with van der Waals surface area (Å²) in [7, 11) is -4.19. The smallest absolute Gasteiger partial charge is 0.294 e. The standard InChI is InChI=1S/C17H23N5O3S/c1-3-11(2)18-17-19-15(12-4-5-12)10-16(20-17)22-21-13-6-8-14(9-7-13)26(23,24)25/h6-12,21H,3-5H2,1-2H3,(H,23,24,25)(H2,18,19,20,22)/t11-/m1/s1. The molecule has 0 amide bonds. The predicted molar refractivity (Wildman–Crippen MR) is 101 cm³/mol. The number of nitrogens with one attached hydrogen (secondary N) is 3. The van der Waals surface area contributed by atoms with E-state index < -0.39 is 10.1 Å². The summed E-state index contributed by atoms with van der Waals surface area (Å²) in [5.41, 5.74) is 7.65. The molecule has 0 spiro atoms. The van der Waals surface area contributed by atoms with Gasteiger partial charge in [0.25, 0.3) is 10.1 Å². The number of rotatable bonds is 8. The first kappa shape index (κ1) is 18.4. The molecule has 4 N–H and O–H groups in total. The fraction of sp³-hybridized carbons (Fsp3) is 0.412. The van der Waals surface area contributed by atoms with Gasteiger partial charge in [-0.1, -0.05) is 6.92 Å². The van der Waals surface area contributed by atoms with E-state index in [1.807, 2.05) is 6.07 Å². The van der Waals surface area contributed by atoms with Crippen LogP contribution in [-0.2, 0) is 10.1 Å². The van der Waals surface area contributed by atoms with Gasteiger partial charge in [-0.2, -0.15) is 13.4 Å². The molecule has 0 aliphatic heterocycles. The Balaban J connectivity index is 1.72. The van der Waals surface area contributed by atoms with Gasteiger partial charge in [0, 0.05) is 18.0 Å². The molecule has 1 heterocycles. The van der Waals surface area contributed by atoms with Crippen molar-refractivity contribution in [3.63, 3.8) is 0 Å². The number of hydrogen-bond donors (Lipinski definition) is 4. The number of hydrazine groups is 1. The van der Waals surface area contributed by atoms with Crippen molar-refractivity contribution in [2.45, 2.75) is 50.0 Å². The van der Waals surface area contributed by atoms with E-state index >= 15 is 0 Å². The van der Waals surface area contributed by atoms with Gasteiger partial charge in [0.05, 0.1) is 16.3 Å². The van der Waals surface area contributed by atoms with Crippen molar-refractivity contribution in [1.29, 1.82) is 0 Å². The average molecular weight is 377 g/mol. The van der Waals surface area contributed by atoms with Crippen molar-refractivity contribution in [3.8, 4) is 0 Å². The van der Waals surface area contributed by atoms with Crippen LogP contribution in [0.15, 0.2) is 35.2 Å². The van der Waals surface area contributed by atoms with Crippen LogP contribution in [0.5, 0.6) is 0 Å². The summed E-state index contributed by atoms with van der Waals surface area (Å²) in [5.74, 6) is 1.71. The van der Waals surface area contributed by atoms with Crippen LogP contribution in [0.3, 0.4) is 0 Å². The number of aromatic nitrogens is 2. The lowest BCUT2D eigenvalue weighted by Gasteiger charge is -2.15. The molecule has 1 fully saturated rings. The highest BCUT2D eigenvalue weighted by Crippen LogP contribution is 2.39. The Morgan fingerprint density at radius 1 is 1.19 bits per heavy atom. The second-order valence-electron chi connectivity index (χ2n) is 6.48. The lowest BCUT2D eigenvalue weighted by molar-refractivity contribution is 0.483. The molecule has 1 aliphatic carbocycles. The van der Waals surface area contributed by atoms with Crippen molar-refractivity contribution in [3.05, 3.63) is 36.0 Å². The van der Waals surface area contributed by atoms with Gasteiger partial charge in [-0.25, -0.2) is 4.98 Å². The van der Waals surface area contributed by atoms with E-state index in [2.05, 4.69) is 40.0 Å². The molecule has 1 saturated carbocycles. The molecule has 1 aliphatic rings. The molecule has 9 heteroatoms. The minimum Gasteiger partial charge on any atom is -0.352 e. The Morgan fingerprint density at radius 2 is 1.88 bits per heavy atom. The van der Waals surface area contributed by atoms with E-state index in [-0.39, 0.29) is 10.9 Å². The van der Waals surface area contributed by atoms with Crippen LogP contribution in [-0.4, -0.2) is 29.0 Å². The van der Waals surface area contributed by atoms with E-state index in [9.17, 15) is 8.42 Å². The minimum atomic E-state index is -4.19. The van der Waals surface area contributed by atoms with Crippen LogP contribution in [0, 0.1) is 0 Å². The summed E-state index contributed by atoms with van der Waals surface area (Å²) in [6, 6.07) is 7.95. The zero-order chi connectivity index (χ0) is 18.7. The largest absolute Gasteiger partial charge is 0.352 e. The first-order valence-corrected chi connectivity index (χ1v) is 10.0. The molecule has 1 aromatic heterocycles. The molecule has 2 aromatic rings.